The van der Waals surface area contributed by atoms with Gasteiger partial charge in [0.1, 0.15) is 11.5 Å². The third-order valence-electron chi connectivity index (χ3n) is 10.8. The van der Waals surface area contributed by atoms with Gasteiger partial charge in [-0.15, -0.1) is 0 Å². The van der Waals surface area contributed by atoms with Crippen LogP contribution in [-0.4, -0.2) is 46.6 Å². The van der Waals surface area contributed by atoms with Gasteiger partial charge in [0.2, 0.25) is 0 Å². The number of ether oxygens (including phenoxy) is 2. The monoisotopic (exact) mass is 570 g/mol. The van der Waals surface area contributed by atoms with Crippen molar-refractivity contribution in [1.82, 2.24) is 15.1 Å². The van der Waals surface area contributed by atoms with Gasteiger partial charge in [-0.3, -0.25) is 4.79 Å². The third kappa shape index (κ3) is 3.71. The molecule has 1 aromatic heterocycles. The molecule has 8 rings (SSSR count). The van der Waals surface area contributed by atoms with E-state index in [2.05, 4.69) is 16.5 Å². The number of carbonyl (C=O) groups excluding carboxylic acids is 1. The van der Waals surface area contributed by atoms with Crippen LogP contribution in [0.2, 0.25) is 0 Å². The van der Waals surface area contributed by atoms with Crippen molar-refractivity contribution in [2.45, 2.75) is 74.2 Å². The molecule has 3 aromatic rings. The van der Waals surface area contributed by atoms with Gasteiger partial charge < -0.3 is 25.6 Å². The molecule has 0 spiro atoms. The van der Waals surface area contributed by atoms with Crippen LogP contribution in [0.5, 0.6) is 11.5 Å². The SMILES string of the molecule is COc1cccc(OC)c1C12CC3CC(NC(=O)n4cccn4)(C1)C(C(=O)O)C(c1ccc(N)c4c1CCCC4)(C3)C2. The van der Waals surface area contributed by atoms with Crippen LogP contribution in [0, 0.1) is 11.8 Å². The smallest absolute Gasteiger partial charge is 0.342 e. The summed E-state index contributed by atoms with van der Waals surface area (Å²) in [6.07, 6.45) is 10.4. The molecule has 5 aliphatic rings. The predicted molar refractivity (Wildman–Crippen MR) is 157 cm³/mol. The number of nitrogens with two attached hydrogens (primary N) is 1. The van der Waals surface area contributed by atoms with Crippen LogP contribution in [0.25, 0.3) is 0 Å². The number of carboxylic acids is 1. The van der Waals surface area contributed by atoms with Gasteiger partial charge in [0.15, 0.2) is 0 Å². The Hall–Kier alpha value is -4.01. The lowest BCUT2D eigenvalue weighted by Gasteiger charge is -2.69. The number of rotatable bonds is 6. The maximum absolute atomic E-state index is 13.7. The maximum atomic E-state index is 13.7. The molecule has 2 aromatic carbocycles. The maximum Gasteiger partial charge on any atom is 0.342 e. The Bertz CT molecular complexity index is 1550. The lowest BCUT2D eigenvalue weighted by Crippen LogP contribution is -2.75. The summed E-state index contributed by atoms with van der Waals surface area (Å²) in [6, 6.07) is 11.2. The van der Waals surface area contributed by atoms with Crippen molar-refractivity contribution in [3.63, 3.8) is 0 Å². The second-order valence-corrected chi connectivity index (χ2v) is 13.0. The molecule has 220 valence electrons. The fourth-order valence-electron chi connectivity index (χ4n) is 10.0. The summed E-state index contributed by atoms with van der Waals surface area (Å²) >= 11 is 0. The highest BCUT2D eigenvalue weighted by Gasteiger charge is 2.72. The Morgan fingerprint density at radius 1 is 1.00 bits per heavy atom. The van der Waals surface area contributed by atoms with Crippen LogP contribution in [0.4, 0.5) is 10.5 Å². The van der Waals surface area contributed by atoms with E-state index in [1.165, 1.54) is 10.2 Å². The molecule has 0 saturated heterocycles. The van der Waals surface area contributed by atoms with Gasteiger partial charge in [-0.1, -0.05) is 12.1 Å². The molecule has 5 unspecified atom stereocenters. The molecule has 5 atom stereocenters. The highest BCUT2D eigenvalue weighted by molar-refractivity contribution is 5.82. The van der Waals surface area contributed by atoms with Crippen molar-refractivity contribution in [3.05, 3.63) is 71.0 Å². The summed E-state index contributed by atoms with van der Waals surface area (Å²) in [4.78, 5) is 27.3. The number of fused-ring (bicyclic) bond motifs is 1. The molecule has 42 heavy (non-hydrogen) atoms. The summed E-state index contributed by atoms with van der Waals surface area (Å²) in [5.41, 5.74) is 9.53. The van der Waals surface area contributed by atoms with E-state index in [4.69, 9.17) is 15.2 Å². The normalized spacial score (nSPS) is 30.9. The van der Waals surface area contributed by atoms with Crippen molar-refractivity contribution in [2.75, 3.05) is 20.0 Å². The molecular formula is C33H38N4O5. The molecule has 1 heterocycles. The molecule has 5 aliphatic carbocycles. The van der Waals surface area contributed by atoms with Crippen LogP contribution in [-0.2, 0) is 28.5 Å². The molecule has 4 saturated carbocycles. The number of amides is 1. The van der Waals surface area contributed by atoms with Crippen molar-refractivity contribution in [2.24, 2.45) is 11.8 Å². The number of aliphatic carboxylic acids is 1. The van der Waals surface area contributed by atoms with E-state index in [0.29, 0.717) is 19.3 Å². The topological polar surface area (TPSA) is 129 Å². The van der Waals surface area contributed by atoms with E-state index >= 15 is 0 Å². The molecule has 0 aliphatic heterocycles. The highest BCUT2D eigenvalue weighted by Crippen LogP contribution is 2.71. The first-order chi connectivity index (χ1) is 20.3. The number of methoxy groups -OCH3 is 2. The number of hydrogen-bond donors (Lipinski definition) is 3. The van der Waals surface area contributed by atoms with Crippen molar-refractivity contribution in [1.29, 1.82) is 0 Å². The first-order valence-corrected chi connectivity index (χ1v) is 14.9. The Balaban J connectivity index is 1.50. The number of carboxylic acid groups (broad SMARTS) is 1. The number of nitrogen functional groups attached to an aromatic ring is 1. The number of benzene rings is 2. The van der Waals surface area contributed by atoms with Crippen LogP contribution in [0.15, 0.2) is 48.8 Å². The number of anilines is 1. The number of nitrogens with one attached hydrogen (secondary N) is 1. The van der Waals surface area contributed by atoms with Crippen LogP contribution >= 0.6 is 0 Å². The number of nitrogens with zero attached hydrogens (tertiary/aromatic N) is 2. The lowest BCUT2D eigenvalue weighted by molar-refractivity contribution is -0.167. The number of hydrogen-bond acceptors (Lipinski definition) is 6. The summed E-state index contributed by atoms with van der Waals surface area (Å²) in [7, 11) is 3.33. The molecule has 1 amide bonds. The zero-order valence-electron chi connectivity index (χ0n) is 24.2. The molecular weight excluding hydrogens is 532 g/mol. The first kappa shape index (κ1) is 26.9. The zero-order chi connectivity index (χ0) is 29.3. The average molecular weight is 571 g/mol. The summed E-state index contributed by atoms with van der Waals surface area (Å²) in [5.74, 6) is -0.0625. The number of carbonyl (C=O) groups is 2. The fourth-order valence-corrected chi connectivity index (χ4v) is 10.0. The van der Waals surface area contributed by atoms with Crippen molar-refractivity contribution < 1.29 is 24.2 Å². The van der Waals surface area contributed by atoms with E-state index in [0.717, 1.165) is 72.4 Å². The lowest BCUT2D eigenvalue weighted by atomic mass is 9.35. The molecule has 4 N–H and O–H groups in total. The largest absolute Gasteiger partial charge is 0.496 e. The highest BCUT2D eigenvalue weighted by atomic mass is 16.5. The van der Waals surface area contributed by atoms with E-state index in [-0.39, 0.29) is 5.92 Å². The molecule has 9 heteroatoms. The van der Waals surface area contributed by atoms with Gasteiger partial charge in [-0.05, 0) is 105 Å². The molecule has 4 bridgehead atoms. The minimum atomic E-state index is -1.01. The second kappa shape index (κ2) is 9.51. The molecule has 4 fully saturated rings. The van der Waals surface area contributed by atoms with Gasteiger partial charge in [0.25, 0.3) is 0 Å². The Morgan fingerprint density at radius 3 is 2.40 bits per heavy atom. The quantitative estimate of drug-likeness (QED) is 0.362. The van der Waals surface area contributed by atoms with E-state index in [1.807, 2.05) is 24.3 Å². The molecule has 9 nitrogen and oxygen atoms in total. The van der Waals surface area contributed by atoms with Gasteiger partial charge >= 0.3 is 12.0 Å². The van der Waals surface area contributed by atoms with Gasteiger partial charge in [0, 0.05) is 34.5 Å². The Kier molecular flexibility index (Phi) is 6.08. The average Bonchev–Trinajstić information content (AvgIpc) is 3.51. The fraction of sp³-hybridized carbons (Fsp3) is 0.485. The summed E-state index contributed by atoms with van der Waals surface area (Å²) in [6.45, 7) is 0. The summed E-state index contributed by atoms with van der Waals surface area (Å²) in [5, 5.41) is 18.6. The Labute approximate surface area is 245 Å². The Morgan fingerprint density at radius 2 is 1.74 bits per heavy atom. The standard InChI is InChI=1S/C33H38N4O5/c1-41-25-9-5-10-26(42-2)27(25)31-15-20-16-32(18-31,23-11-12-24(34)22-8-4-3-7-21(22)23)28(29(38)39)33(17-20,19-31)36-30(40)37-14-6-13-35-37/h5-6,9-14,20,28H,3-4,7-8,15-19,34H2,1-2H3,(H,36,40)(H,38,39). The molecule has 0 radical (unpaired) electrons. The second-order valence-electron chi connectivity index (χ2n) is 13.0. The van der Waals surface area contributed by atoms with Crippen molar-refractivity contribution in [3.8, 4) is 11.5 Å². The van der Waals surface area contributed by atoms with E-state index < -0.39 is 34.3 Å². The van der Waals surface area contributed by atoms with Crippen LogP contribution < -0.4 is 20.5 Å². The summed E-state index contributed by atoms with van der Waals surface area (Å²) < 4.78 is 13.2. The van der Waals surface area contributed by atoms with E-state index in [1.54, 1.807) is 32.7 Å². The van der Waals surface area contributed by atoms with Crippen molar-refractivity contribution >= 4 is 17.7 Å². The van der Waals surface area contributed by atoms with E-state index in [9.17, 15) is 14.7 Å². The zero-order valence-corrected chi connectivity index (χ0v) is 24.2. The predicted octanol–water partition coefficient (Wildman–Crippen LogP) is 4.84. The minimum absolute atomic E-state index is 0.187. The van der Waals surface area contributed by atoms with Gasteiger partial charge in [-0.25, -0.2) is 4.79 Å². The third-order valence-corrected chi connectivity index (χ3v) is 10.8. The van der Waals surface area contributed by atoms with Gasteiger partial charge in [0.05, 0.1) is 25.7 Å². The number of aromatic nitrogens is 2. The van der Waals surface area contributed by atoms with Gasteiger partial charge in [-0.2, -0.15) is 9.78 Å². The van der Waals surface area contributed by atoms with Crippen LogP contribution in [0.1, 0.15) is 67.2 Å². The van der Waals surface area contributed by atoms with Crippen LogP contribution in [0.3, 0.4) is 0 Å². The minimum Gasteiger partial charge on any atom is -0.496 e. The first-order valence-electron chi connectivity index (χ1n) is 14.9.